The smallest absolute Gasteiger partial charge is 0.473 e. The summed E-state index contributed by atoms with van der Waals surface area (Å²) in [6.07, 6.45) is -0.536. The second-order valence-electron chi connectivity index (χ2n) is 12.9. The summed E-state index contributed by atoms with van der Waals surface area (Å²) in [5, 5.41) is 19.2. The van der Waals surface area contributed by atoms with Gasteiger partial charge in [-0.25, -0.2) is 4.57 Å². The molecule has 13 heteroatoms. The third kappa shape index (κ3) is 5.57. The summed E-state index contributed by atoms with van der Waals surface area (Å²) in [4.78, 5) is 40.9. The third-order valence-electron chi connectivity index (χ3n) is 8.99. The van der Waals surface area contributed by atoms with Crippen molar-refractivity contribution < 1.29 is 37.6 Å². The molecule has 2 fully saturated rings. The van der Waals surface area contributed by atoms with Gasteiger partial charge in [0.05, 0.1) is 35.3 Å². The van der Waals surface area contributed by atoms with Crippen molar-refractivity contribution in [2.75, 3.05) is 13.1 Å². The largest absolute Gasteiger partial charge is 0.485 e. The van der Waals surface area contributed by atoms with E-state index in [0.29, 0.717) is 72.5 Å². The predicted octanol–water partition coefficient (Wildman–Crippen LogP) is 4.67. The number of carbonyl (C=O) groups is 2. The number of hydrogen-bond acceptors (Lipinski definition) is 9. The van der Waals surface area contributed by atoms with Crippen molar-refractivity contribution in [2.45, 2.75) is 88.9 Å². The highest BCUT2D eigenvalue weighted by Gasteiger charge is 2.56. The molecule has 1 unspecified atom stereocenters. The number of carbonyl (C=O) groups excluding carboxylic acids is 2. The molecule has 2 aromatic rings. The molecule has 0 spiro atoms. The van der Waals surface area contributed by atoms with Gasteiger partial charge in [0.1, 0.15) is 34.9 Å². The van der Waals surface area contributed by atoms with E-state index in [4.69, 9.17) is 18.5 Å². The van der Waals surface area contributed by atoms with Crippen LogP contribution in [0.3, 0.4) is 0 Å². The molecule has 2 aromatic carbocycles. The lowest BCUT2D eigenvalue weighted by Crippen LogP contribution is -2.56. The lowest BCUT2D eigenvalue weighted by atomic mass is 9.85. The lowest BCUT2D eigenvalue weighted by Gasteiger charge is -2.49. The van der Waals surface area contributed by atoms with Crippen LogP contribution in [0.15, 0.2) is 36.4 Å². The number of benzene rings is 2. The first-order valence-corrected chi connectivity index (χ1v) is 16.5. The number of amides is 2. The summed E-state index contributed by atoms with van der Waals surface area (Å²) < 4.78 is 38.8. The highest BCUT2D eigenvalue weighted by atomic mass is 31.2. The first-order valence-electron chi connectivity index (χ1n) is 15.0. The van der Waals surface area contributed by atoms with Crippen LogP contribution in [0.1, 0.15) is 87.7 Å². The Bertz CT molecular complexity index is 1580. The first kappa shape index (κ1) is 31.1. The normalized spacial score (nSPS) is 27.8. The summed E-state index contributed by atoms with van der Waals surface area (Å²) in [5.41, 5.74) is -0.765. The van der Waals surface area contributed by atoms with Crippen molar-refractivity contribution in [2.24, 2.45) is 0 Å². The fraction of sp³-hybridized carbons (Fsp3) is 0.500. The van der Waals surface area contributed by atoms with E-state index in [-0.39, 0.29) is 11.8 Å². The van der Waals surface area contributed by atoms with Gasteiger partial charge in [-0.3, -0.25) is 18.6 Å². The van der Waals surface area contributed by atoms with Gasteiger partial charge in [-0.15, -0.1) is 0 Å². The van der Waals surface area contributed by atoms with Gasteiger partial charge >= 0.3 is 7.82 Å². The van der Waals surface area contributed by atoms with Crippen LogP contribution in [0.5, 0.6) is 11.5 Å². The first-order chi connectivity index (χ1) is 21.2. The molecule has 4 heterocycles. The van der Waals surface area contributed by atoms with Gasteiger partial charge in [0, 0.05) is 37.1 Å². The minimum absolute atomic E-state index is 0.146. The van der Waals surface area contributed by atoms with E-state index in [1.165, 1.54) is 0 Å². The maximum absolute atomic E-state index is 14.2. The van der Waals surface area contributed by atoms with Crippen LogP contribution in [0, 0.1) is 22.7 Å². The minimum Gasteiger partial charge on any atom is -0.485 e. The molecule has 0 saturated carbocycles. The zero-order chi connectivity index (χ0) is 32.3. The average molecular weight is 635 g/mol. The summed E-state index contributed by atoms with van der Waals surface area (Å²) in [6.45, 7) is 7.59. The van der Waals surface area contributed by atoms with Crippen molar-refractivity contribution in [1.29, 1.82) is 10.5 Å². The van der Waals surface area contributed by atoms with E-state index < -0.39 is 43.3 Å². The maximum Gasteiger partial charge on any atom is 0.473 e. The number of phosphoric ester groups is 1. The number of nitriles is 2. The molecule has 2 saturated heterocycles. The molecule has 4 aliphatic heterocycles. The molecule has 0 aliphatic carbocycles. The fourth-order valence-corrected chi connectivity index (χ4v) is 8.29. The van der Waals surface area contributed by atoms with Gasteiger partial charge in [0.2, 0.25) is 11.8 Å². The number of rotatable bonds is 6. The van der Waals surface area contributed by atoms with Crippen LogP contribution in [0.25, 0.3) is 0 Å². The number of phosphoric acid groups is 1. The Kier molecular flexibility index (Phi) is 7.70. The molecule has 6 rings (SSSR count). The Labute approximate surface area is 261 Å². The maximum atomic E-state index is 14.2. The van der Waals surface area contributed by atoms with Crippen molar-refractivity contribution >= 4 is 19.6 Å². The summed E-state index contributed by atoms with van der Waals surface area (Å²) >= 11 is 0. The zero-order valence-corrected chi connectivity index (χ0v) is 26.5. The molecule has 5 atom stereocenters. The molecular formula is C32H35N4O8P. The molecule has 45 heavy (non-hydrogen) atoms. The number of hydrogen-bond donors (Lipinski definition) is 1. The molecule has 0 bridgehead atoms. The Hall–Kier alpha value is -3.93. The van der Waals surface area contributed by atoms with Crippen LogP contribution in [0.2, 0.25) is 0 Å². The predicted molar refractivity (Wildman–Crippen MR) is 159 cm³/mol. The van der Waals surface area contributed by atoms with E-state index in [9.17, 15) is 29.6 Å². The molecular weight excluding hydrogens is 599 g/mol. The van der Waals surface area contributed by atoms with Crippen molar-refractivity contribution in [3.05, 3.63) is 58.7 Å². The van der Waals surface area contributed by atoms with Crippen LogP contribution in [0.4, 0.5) is 0 Å². The van der Waals surface area contributed by atoms with Gasteiger partial charge in [-0.05, 0) is 76.9 Å². The molecule has 1 N–H and O–H groups in total. The molecule has 0 aromatic heterocycles. The molecule has 236 valence electrons. The molecule has 0 radical (unpaired) electrons. The van der Waals surface area contributed by atoms with E-state index in [2.05, 4.69) is 12.1 Å². The topological polar surface area (TPSA) is 162 Å². The molecule has 4 aliphatic rings. The van der Waals surface area contributed by atoms with E-state index >= 15 is 0 Å². The van der Waals surface area contributed by atoms with Crippen molar-refractivity contribution in [3.8, 4) is 23.6 Å². The van der Waals surface area contributed by atoms with Gasteiger partial charge < -0.3 is 24.2 Å². The van der Waals surface area contributed by atoms with Crippen LogP contribution < -0.4 is 9.47 Å². The van der Waals surface area contributed by atoms with Gasteiger partial charge in [-0.1, -0.05) is 0 Å². The monoisotopic (exact) mass is 634 g/mol. The summed E-state index contributed by atoms with van der Waals surface area (Å²) in [5.74, 6) is 0.591. The van der Waals surface area contributed by atoms with E-state index in [0.717, 1.165) is 0 Å². The second kappa shape index (κ2) is 11.1. The number of nitrogens with zero attached hydrogens (tertiary/aromatic N) is 4. The standard InChI is InChI=1S/C32H35N4O8P/c1-31(2)29(27(35-13-5-7-25(35)37)21-15-19(17-33)9-11-23(21)41-31)43-45(39,40)44-30-28(36-14-6-8-26(36)38)22-16-20(18-34)10-12-24(22)42-32(30,3)4/h9-12,15-16,27-30H,5-8,13-14H2,1-4H3,(H,39,40)/t27-,28-,29-,30+/m1/s1. The number of ether oxygens (including phenoxy) is 2. The number of fused-ring (bicyclic) bond motifs is 2. The van der Waals surface area contributed by atoms with E-state index in [1.54, 1.807) is 73.9 Å². The third-order valence-corrected chi connectivity index (χ3v) is 9.98. The Morgan fingerprint density at radius 2 is 1.20 bits per heavy atom. The average Bonchev–Trinajstić information content (AvgIpc) is 3.60. The van der Waals surface area contributed by atoms with Gasteiger partial charge in [-0.2, -0.15) is 10.5 Å². The van der Waals surface area contributed by atoms with Crippen LogP contribution in [-0.2, 0) is 23.2 Å². The fourth-order valence-electron chi connectivity index (χ4n) is 6.92. The highest BCUT2D eigenvalue weighted by molar-refractivity contribution is 7.47. The quantitative estimate of drug-likeness (QED) is 0.442. The van der Waals surface area contributed by atoms with Crippen molar-refractivity contribution in [1.82, 2.24) is 9.80 Å². The molecule has 2 amide bonds. The summed E-state index contributed by atoms with van der Waals surface area (Å²) in [6, 6.07) is 12.3. The Morgan fingerprint density at radius 1 is 0.800 bits per heavy atom. The second-order valence-corrected chi connectivity index (χ2v) is 14.3. The minimum atomic E-state index is -5.01. The lowest BCUT2D eigenvalue weighted by molar-refractivity contribution is -0.144. The molecule has 12 nitrogen and oxygen atoms in total. The van der Waals surface area contributed by atoms with E-state index in [1.807, 2.05) is 0 Å². The van der Waals surface area contributed by atoms with Gasteiger partial charge in [0.15, 0.2) is 0 Å². The Morgan fingerprint density at radius 3 is 1.53 bits per heavy atom. The van der Waals surface area contributed by atoms with Gasteiger partial charge in [0.25, 0.3) is 0 Å². The van der Waals surface area contributed by atoms with Crippen molar-refractivity contribution in [3.63, 3.8) is 0 Å². The SMILES string of the molecule is CC1(C)Oc2ccc(C#N)cc2[C@@H](N2CCCC2=O)[C@H]1OP(=O)(O)O[C@H]1[C@H](N2CCCC2=O)c2cc(C#N)ccc2OC1(C)C. The highest BCUT2D eigenvalue weighted by Crippen LogP contribution is 2.58. The zero-order valence-electron chi connectivity index (χ0n) is 25.6. The Balaban J connectivity index is 1.40. The number of likely N-dealkylation sites (tertiary alicyclic amines) is 2. The van der Waals surface area contributed by atoms with Crippen LogP contribution in [-0.4, -0.2) is 63.0 Å². The van der Waals surface area contributed by atoms with Crippen LogP contribution >= 0.6 is 7.82 Å². The summed E-state index contributed by atoms with van der Waals surface area (Å²) in [7, 11) is -5.01.